The second-order valence-corrected chi connectivity index (χ2v) is 7.94. The Hall–Kier alpha value is -3.49. The zero-order valence-electron chi connectivity index (χ0n) is 18.5. The van der Waals surface area contributed by atoms with E-state index in [1.165, 1.54) is 19.3 Å². The number of carbonyl (C=O) groups is 1. The minimum absolute atomic E-state index is 0.187. The van der Waals surface area contributed by atoms with E-state index in [9.17, 15) is 4.79 Å². The van der Waals surface area contributed by atoms with Gasteiger partial charge in [-0.05, 0) is 25.5 Å². The van der Waals surface area contributed by atoms with E-state index >= 15 is 0 Å². The number of unbranched alkanes of at least 4 members (excludes halogenated alkanes) is 3. The van der Waals surface area contributed by atoms with E-state index < -0.39 is 5.91 Å². The van der Waals surface area contributed by atoms with E-state index in [0.29, 0.717) is 11.5 Å². The van der Waals surface area contributed by atoms with Crippen molar-refractivity contribution in [1.82, 2.24) is 34.1 Å². The molecule has 162 valence electrons. The maximum Gasteiger partial charge on any atom is 0.267 e. The second-order valence-electron chi connectivity index (χ2n) is 7.94. The number of fused-ring (bicyclic) bond motifs is 1. The summed E-state index contributed by atoms with van der Waals surface area (Å²) in [6, 6.07) is 3.71. The number of primary amides is 1. The summed E-state index contributed by atoms with van der Waals surface area (Å²) in [5, 5.41) is 9.80. The minimum atomic E-state index is -0.584. The molecule has 0 unspecified atom stereocenters. The van der Waals surface area contributed by atoms with Crippen LogP contribution in [-0.2, 0) is 20.6 Å². The highest BCUT2D eigenvalue weighted by Gasteiger charge is 2.20. The summed E-state index contributed by atoms with van der Waals surface area (Å²) in [5.74, 6) is 0.0621. The van der Waals surface area contributed by atoms with Crippen LogP contribution in [0.2, 0.25) is 0 Å². The maximum atomic E-state index is 11.9. The molecule has 0 atom stereocenters. The average molecular weight is 421 g/mol. The first-order valence-electron chi connectivity index (χ1n) is 10.6. The molecule has 1 amide bonds. The van der Waals surface area contributed by atoms with Gasteiger partial charge in [0, 0.05) is 32.2 Å². The van der Waals surface area contributed by atoms with Crippen LogP contribution in [-0.4, -0.2) is 40.0 Å². The molecule has 9 heteroatoms. The number of aromatic nitrogens is 7. The molecule has 0 aliphatic carbocycles. The summed E-state index contributed by atoms with van der Waals surface area (Å²) >= 11 is 0. The molecule has 0 spiro atoms. The molecule has 31 heavy (non-hydrogen) atoms. The van der Waals surface area contributed by atoms with E-state index in [0.717, 1.165) is 41.0 Å². The van der Waals surface area contributed by atoms with Gasteiger partial charge in [0.05, 0.1) is 23.1 Å². The topological polar surface area (TPSA) is 109 Å². The molecule has 4 heterocycles. The van der Waals surface area contributed by atoms with Gasteiger partial charge in [0.15, 0.2) is 5.82 Å². The van der Waals surface area contributed by atoms with Crippen molar-refractivity contribution in [3.05, 3.63) is 35.9 Å². The third-order valence-corrected chi connectivity index (χ3v) is 5.47. The van der Waals surface area contributed by atoms with Crippen LogP contribution in [0.1, 0.15) is 48.8 Å². The van der Waals surface area contributed by atoms with E-state index in [4.69, 9.17) is 10.7 Å². The van der Waals surface area contributed by atoms with E-state index in [1.54, 1.807) is 16.9 Å². The van der Waals surface area contributed by atoms with Crippen LogP contribution < -0.4 is 5.73 Å². The highest BCUT2D eigenvalue weighted by atomic mass is 16.1. The molecule has 4 aromatic rings. The molecule has 0 saturated heterocycles. The van der Waals surface area contributed by atoms with Crippen molar-refractivity contribution < 1.29 is 4.79 Å². The van der Waals surface area contributed by atoms with Crippen molar-refractivity contribution in [1.29, 1.82) is 0 Å². The van der Waals surface area contributed by atoms with Gasteiger partial charge < -0.3 is 10.3 Å². The van der Waals surface area contributed by atoms with Gasteiger partial charge in [-0.15, -0.1) is 0 Å². The van der Waals surface area contributed by atoms with E-state index in [2.05, 4.69) is 28.2 Å². The van der Waals surface area contributed by atoms with Gasteiger partial charge in [-0.2, -0.15) is 10.2 Å². The van der Waals surface area contributed by atoms with Crippen molar-refractivity contribution in [3.63, 3.8) is 0 Å². The number of carbonyl (C=O) groups excluding carboxylic acids is 1. The second kappa shape index (κ2) is 8.33. The molecular formula is C22H28N8O. The number of aryl methyl sites for hydroxylation is 4. The Morgan fingerprint density at radius 3 is 2.68 bits per heavy atom. The van der Waals surface area contributed by atoms with Crippen molar-refractivity contribution in [2.75, 3.05) is 0 Å². The molecule has 0 aliphatic heterocycles. The molecule has 0 bridgehead atoms. The highest BCUT2D eigenvalue weighted by molar-refractivity contribution is 5.99. The SMILES string of the molecule is CCCCCCn1nc(C)cc1-c1cn(C)c(-c2nc(C(N)=O)cc3c2cnn3C)n1. The monoisotopic (exact) mass is 420 g/mol. The molecule has 4 aromatic heterocycles. The van der Waals surface area contributed by atoms with Gasteiger partial charge in [0.1, 0.15) is 17.1 Å². The first kappa shape index (κ1) is 20.8. The normalized spacial score (nSPS) is 11.5. The molecule has 0 aromatic carbocycles. The van der Waals surface area contributed by atoms with Crippen LogP contribution in [0, 0.1) is 6.92 Å². The standard InChI is InChI=1S/C22H28N8O/c1-5-6-7-8-9-30-19(10-14(2)27-30)17-13-28(3)22(26-17)20-15-12-24-29(4)18(15)11-16(25-20)21(23)31/h10-13H,5-9H2,1-4H3,(H2,23,31). The van der Waals surface area contributed by atoms with Crippen molar-refractivity contribution in [2.24, 2.45) is 19.8 Å². The molecule has 0 saturated carbocycles. The fraction of sp³-hybridized carbons (Fsp3) is 0.409. The zero-order valence-corrected chi connectivity index (χ0v) is 18.5. The van der Waals surface area contributed by atoms with Gasteiger partial charge in [0.2, 0.25) is 0 Å². The first-order valence-corrected chi connectivity index (χ1v) is 10.6. The smallest absolute Gasteiger partial charge is 0.267 e. The maximum absolute atomic E-state index is 11.9. The average Bonchev–Trinajstić information content (AvgIpc) is 3.41. The fourth-order valence-corrected chi connectivity index (χ4v) is 3.86. The Morgan fingerprint density at radius 2 is 1.94 bits per heavy atom. The molecule has 2 N–H and O–H groups in total. The predicted molar refractivity (Wildman–Crippen MR) is 119 cm³/mol. The van der Waals surface area contributed by atoms with Crippen LogP contribution in [0.5, 0.6) is 0 Å². The molecule has 0 aliphatic rings. The molecular weight excluding hydrogens is 392 g/mol. The fourth-order valence-electron chi connectivity index (χ4n) is 3.86. The van der Waals surface area contributed by atoms with Gasteiger partial charge in [0.25, 0.3) is 5.91 Å². The number of nitrogens with two attached hydrogens (primary N) is 1. The number of rotatable bonds is 8. The summed E-state index contributed by atoms with van der Waals surface area (Å²) in [5.41, 5.74) is 9.83. The quantitative estimate of drug-likeness (QED) is 0.440. The largest absolute Gasteiger partial charge is 0.364 e. The summed E-state index contributed by atoms with van der Waals surface area (Å²) in [4.78, 5) is 21.3. The van der Waals surface area contributed by atoms with Gasteiger partial charge in [-0.3, -0.25) is 14.2 Å². The summed E-state index contributed by atoms with van der Waals surface area (Å²) in [6.07, 6.45) is 8.40. The van der Waals surface area contributed by atoms with Crippen molar-refractivity contribution in [3.8, 4) is 22.9 Å². The number of hydrogen-bond acceptors (Lipinski definition) is 5. The lowest BCUT2D eigenvalue weighted by atomic mass is 10.2. The Bertz CT molecular complexity index is 1250. The van der Waals surface area contributed by atoms with Gasteiger partial charge in [-0.1, -0.05) is 26.2 Å². The third-order valence-electron chi connectivity index (χ3n) is 5.47. The van der Waals surface area contributed by atoms with Gasteiger partial charge in [-0.25, -0.2) is 9.97 Å². The van der Waals surface area contributed by atoms with Crippen LogP contribution in [0.15, 0.2) is 24.5 Å². The molecule has 9 nitrogen and oxygen atoms in total. The van der Waals surface area contributed by atoms with Crippen LogP contribution >= 0.6 is 0 Å². The predicted octanol–water partition coefficient (Wildman–Crippen LogP) is 3.22. The van der Waals surface area contributed by atoms with Crippen LogP contribution in [0.25, 0.3) is 33.8 Å². The number of amides is 1. The van der Waals surface area contributed by atoms with Gasteiger partial charge >= 0.3 is 0 Å². The summed E-state index contributed by atoms with van der Waals surface area (Å²) < 4.78 is 5.65. The summed E-state index contributed by atoms with van der Waals surface area (Å²) in [7, 11) is 3.74. The lowest BCUT2D eigenvalue weighted by molar-refractivity contribution is 0.0996. The van der Waals surface area contributed by atoms with E-state index in [1.807, 2.05) is 36.5 Å². The Kier molecular flexibility index (Phi) is 5.58. The Morgan fingerprint density at radius 1 is 1.13 bits per heavy atom. The van der Waals surface area contributed by atoms with Crippen molar-refractivity contribution >= 4 is 16.8 Å². The zero-order chi connectivity index (χ0) is 22.1. The van der Waals surface area contributed by atoms with Crippen LogP contribution in [0.3, 0.4) is 0 Å². The van der Waals surface area contributed by atoms with E-state index in [-0.39, 0.29) is 5.69 Å². The summed E-state index contributed by atoms with van der Waals surface area (Å²) in [6.45, 7) is 5.06. The lowest BCUT2D eigenvalue weighted by Gasteiger charge is -2.06. The first-order chi connectivity index (χ1) is 14.9. The third kappa shape index (κ3) is 3.95. The number of nitrogens with zero attached hydrogens (tertiary/aromatic N) is 7. The molecule has 4 rings (SSSR count). The van der Waals surface area contributed by atoms with Crippen molar-refractivity contribution in [2.45, 2.75) is 46.1 Å². The molecule has 0 fully saturated rings. The minimum Gasteiger partial charge on any atom is -0.364 e. The number of imidazole rings is 1. The Labute approximate surface area is 180 Å². The molecule has 0 radical (unpaired) electrons. The number of pyridine rings is 1. The Balaban J connectivity index is 1.77. The number of hydrogen-bond donors (Lipinski definition) is 1. The van der Waals surface area contributed by atoms with Crippen LogP contribution in [0.4, 0.5) is 0 Å². The highest BCUT2D eigenvalue weighted by Crippen LogP contribution is 2.29. The lowest BCUT2D eigenvalue weighted by Crippen LogP contribution is -2.14.